The molecule has 0 aliphatic heterocycles. The average molecular weight is 270 g/mol. The number of carbonyl (C=O) groups is 1. The highest BCUT2D eigenvalue weighted by Crippen LogP contribution is 2.26. The first-order chi connectivity index (χ1) is 9.56. The monoisotopic (exact) mass is 270 g/mol. The summed E-state index contributed by atoms with van der Waals surface area (Å²) in [5, 5.41) is 4.32. The predicted octanol–water partition coefficient (Wildman–Crippen LogP) is 3.70. The van der Waals surface area contributed by atoms with E-state index in [4.69, 9.17) is 0 Å². The smallest absolute Gasteiger partial charge is 0.267 e. The van der Waals surface area contributed by atoms with Crippen LogP contribution in [0.4, 0.5) is 0 Å². The molecule has 2 atom stereocenters. The summed E-state index contributed by atoms with van der Waals surface area (Å²) >= 11 is 0. The zero-order valence-electron chi connectivity index (χ0n) is 12.4. The minimum Gasteiger partial charge on any atom is -0.351 e. The van der Waals surface area contributed by atoms with Gasteiger partial charge in [-0.3, -0.25) is 4.79 Å². The number of H-pyrrole nitrogens is 1. The molecule has 1 amide bonds. The highest BCUT2D eigenvalue weighted by Gasteiger charge is 2.25. The fourth-order valence-electron chi connectivity index (χ4n) is 3.19. The molecule has 3 rings (SSSR count). The number of rotatable bonds is 2. The van der Waals surface area contributed by atoms with Gasteiger partial charge in [-0.2, -0.15) is 0 Å². The lowest BCUT2D eigenvalue weighted by Gasteiger charge is -2.16. The fraction of sp³-hybridized carbons (Fsp3) is 0.471. The first-order valence-corrected chi connectivity index (χ1v) is 7.46. The Hall–Kier alpha value is -1.77. The van der Waals surface area contributed by atoms with Gasteiger partial charge in [0.15, 0.2) is 0 Å². The van der Waals surface area contributed by atoms with Gasteiger partial charge in [0.25, 0.3) is 5.91 Å². The maximum Gasteiger partial charge on any atom is 0.267 e. The number of aromatic nitrogens is 1. The zero-order chi connectivity index (χ0) is 14.3. The van der Waals surface area contributed by atoms with Crippen molar-refractivity contribution in [1.82, 2.24) is 10.3 Å². The quantitative estimate of drug-likeness (QED) is 0.858. The topological polar surface area (TPSA) is 44.9 Å². The van der Waals surface area contributed by atoms with Crippen LogP contribution in [0.25, 0.3) is 10.9 Å². The number of hydrogen-bond donors (Lipinski definition) is 2. The van der Waals surface area contributed by atoms with Crippen molar-refractivity contribution >= 4 is 16.8 Å². The van der Waals surface area contributed by atoms with Crippen molar-refractivity contribution in [3.8, 4) is 0 Å². The van der Waals surface area contributed by atoms with E-state index in [0.29, 0.717) is 17.7 Å². The number of hydrogen-bond acceptors (Lipinski definition) is 1. The molecule has 0 spiro atoms. The van der Waals surface area contributed by atoms with E-state index in [9.17, 15) is 4.79 Å². The fourth-order valence-corrected chi connectivity index (χ4v) is 3.19. The van der Waals surface area contributed by atoms with Gasteiger partial charge in [-0.25, -0.2) is 0 Å². The van der Waals surface area contributed by atoms with Crippen molar-refractivity contribution in [2.45, 2.75) is 46.1 Å². The van der Waals surface area contributed by atoms with Gasteiger partial charge in [0.1, 0.15) is 5.69 Å². The first-order valence-electron chi connectivity index (χ1n) is 7.46. The van der Waals surface area contributed by atoms with Crippen LogP contribution in [-0.2, 0) is 0 Å². The summed E-state index contributed by atoms with van der Waals surface area (Å²) in [5.41, 5.74) is 4.21. The third-order valence-electron chi connectivity index (χ3n) is 4.77. The summed E-state index contributed by atoms with van der Waals surface area (Å²) in [6.45, 7) is 6.42. The Bertz CT molecular complexity index is 656. The van der Waals surface area contributed by atoms with Crippen LogP contribution in [-0.4, -0.2) is 16.9 Å². The van der Waals surface area contributed by atoms with Gasteiger partial charge >= 0.3 is 0 Å². The molecule has 1 fully saturated rings. The van der Waals surface area contributed by atoms with Crippen LogP contribution >= 0.6 is 0 Å². The van der Waals surface area contributed by atoms with Crippen molar-refractivity contribution in [1.29, 1.82) is 0 Å². The molecule has 0 bridgehead atoms. The minimum absolute atomic E-state index is 0.0250. The summed E-state index contributed by atoms with van der Waals surface area (Å²) in [5.74, 6) is 0.615. The molecule has 3 nitrogen and oxygen atoms in total. The molecule has 0 radical (unpaired) electrons. The first kappa shape index (κ1) is 13.2. The van der Waals surface area contributed by atoms with Crippen LogP contribution in [0, 0.1) is 19.8 Å². The number of amides is 1. The van der Waals surface area contributed by atoms with Gasteiger partial charge in [-0.1, -0.05) is 19.4 Å². The van der Waals surface area contributed by atoms with E-state index >= 15 is 0 Å². The van der Waals surface area contributed by atoms with Gasteiger partial charge < -0.3 is 10.3 Å². The second-order valence-electron chi connectivity index (χ2n) is 6.14. The highest BCUT2D eigenvalue weighted by molar-refractivity contribution is 5.99. The Balaban J connectivity index is 1.86. The van der Waals surface area contributed by atoms with E-state index in [-0.39, 0.29) is 5.91 Å². The molecule has 106 valence electrons. The van der Waals surface area contributed by atoms with Gasteiger partial charge in [-0.05, 0) is 55.9 Å². The van der Waals surface area contributed by atoms with Crippen molar-refractivity contribution in [3.05, 3.63) is 35.0 Å². The van der Waals surface area contributed by atoms with Crippen LogP contribution in [0.3, 0.4) is 0 Å². The van der Waals surface area contributed by atoms with E-state index < -0.39 is 0 Å². The summed E-state index contributed by atoms with van der Waals surface area (Å²) in [7, 11) is 0. The van der Waals surface area contributed by atoms with E-state index in [1.807, 2.05) is 12.1 Å². The SMILES string of the molecule is Cc1ccc2[nH]c(C(=O)NC3CCCC3C)cc2c1C. The molecule has 0 saturated heterocycles. The molecular formula is C17H22N2O. The number of aromatic amines is 1. The lowest BCUT2D eigenvalue weighted by atomic mass is 10.1. The van der Waals surface area contributed by atoms with Crippen LogP contribution in [0.15, 0.2) is 18.2 Å². The molecule has 2 aromatic rings. The highest BCUT2D eigenvalue weighted by atomic mass is 16.1. The Morgan fingerprint density at radius 1 is 1.30 bits per heavy atom. The standard InChI is InChI=1S/C17H22N2O/c1-10-7-8-15-13(12(10)3)9-16(18-15)17(20)19-14-6-4-5-11(14)2/h7-9,11,14,18H,4-6H2,1-3H3,(H,19,20). The largest absolute Gasteiger partial charge is 0.351 e. The lowest BCUT2D eigenvalue weighted by Crippen LogP contribution is -2.36. The van der Waals surface area contributed by atoms with Crippen LogP contribution in [0.5, 0.6) is 0 Å². The summed E-state index contributed by atoms with van der Waals surface area (Å²) < 4.78 is 0. The van der Waals surface area contributed by atoms with Crippen LogP contribution in [0.2, 0.25) is 0 Å². The number of fused-ring (bicyclic) bond motifs is 1. The molecule has 2 N–H and O–H groups in total. The zero-order valence-corrected chi connectivity index (χ0v) is 12.4. The normalized spacial score (nSPS) is 22.4. The van der Waals surface area contributed by atoms with E-state index in [1.165, 1.54) is 24.0 Å². The van der Waals surface area contributed by atoms with Crippen LogP contribution in [0.1, 0.15) is 47.8 Å². The molecular weight excluding hydrogens is 248 g/mol. The van der Waals surface area contributed by atoms with Gasteiger partial charge in [0, 0.05) is 16.9 Å². The second kappa shape index (κ2) is 4.97. The van der Waals surface area contributed by atoms with Crippen LogP contribution < -0.4 is 5.32 Å². The molecule has 1 saturated carbocycles. The second-order valence-corrected chi connectivity index (χ2v) is 6.14. The van der Waals surface area contributed by atoms with E-state index in [2.05, 4.69) is 37.1 Å². The van der Waals surface area contributed by atoms with Gasteiger partial charge in [-0.15, -0.1) is 0 Å². The molecule has 1 heterocycles. The Kier molecular flexibility index (Phi) is 3.28. The lowest BCUT2D eigenvalue weighted by molar-refractivity contribution is 0.0925. The maximum absolute atomic E-state index is 12.4. The molecule has 1 aromatic carbocycles. The van der Waals surface area contributed by atoms with Gasteiger partial charge in [0.2, 0.25) is 0 Å². The summed E-state index contributed by atoms with van der Waals surface area (Å²) in [4.78, 5) is 15.6. The van der Waals surface area contributed by atoms with Gasteiger partial charge in [0.05, 0.1) is 0 Å². The molecule has 1 aliphatic rings. The average Bonchev–Trinajstić information content (AvgIpc) is 3.02. The number of aryl methyl sites for hydroxylation is 2. The van der Waals surface area contributed by atoms with Crippen molar-refractivity contribution in [2.24, 2.45) is 5.92 Å². The maximum atomic E-state index is 12.4. The Morgan fingerprint density at radius 2 is 2.10 bits per heavy atom. The minimum atomic E-state index is 0.0250. The molecule has 2 unspecified atom stereocenters. The van der Waals surface area contributed by atoms with Crippen molar-refractivity contribution < 1.29 is 4.79 Å². The Morgan fingerprint density at radius 3 is 2.80 bits per heavy atom. The summed E-state index contributed by atoms with van der Waals surface area (Å²) in [6.07, 6.45) is 3.54. The molecule has 1 aromatic heterocycles. The molecule has 3 heteroatoms. The van der Waals surface area contributed by atoms with E-state index in [0.717, 1.165) is 17.3 Å². The number of benzene rings is 1. The number of carbonyl (C=O) groups excluding carboxylic acids is 1. The number of nitrogens with one attached hydrogen (secondary N) is 2. The molecule has 20 heavy (non-hydrogen) atoms. The Labute approximate surface area is 119 Å². The predicted molar refractivity (Wildman–Crippen MR) is 82.0 cm³/mol. The summed E-state index contributed by atoms with van der Waals surface area (Å²) in [6, 6.07) is 6.45. The third kappa shape index (κ3) is 2.21. The molecule has 1 aliphatic carbocycles. The van der Waals surface area contributed by atoms with E-state index in [1.54, 1.807) is 0 Å². The third-order valence-corrected chi connectivity index (χ3v) is 4.77. The van der Waals surface area contributed by atoms with Crippen molar-refractivity contribution in [2.75, 3.05) is 0 Å². The van der Waals surface area contributed by atoms with Crippen molar-refractivity contribution in [3.63, 3.8) is 0 Å².